The molecule has 15 nitrogen and oxygen atoms in total. The summed E-state index contributed by atoms with van der Waals surface area (Å²) in [6.07, 6.45) is 18.2. The highest BCUT2D eigenvalue weighted by Gasteiger charge is 2.42. The lowest BCUT2D eigenvalue weighted by atomic mass is 10.0. The van der Waals surface area contributed by atoms with Crippen molar-refractivity contribution >= 4 is 35.5 Å². The number of amides is 4. The molecular weight excluding hydrogens is 746 g/mol. The molecule has 2 heterocycles. The smallest absolute Gasteiger partial charge is 0.328 e. The van der Waals surface area contributed by atoms with E-state index in [-0.39, 0.29) is 56.5 Å². The summed E-state index contributed by atoms with van der Waals surface area (Å²) in [6.45, 7) is 5.35. The van der Waals surface area contributed by atoms with Crippen LogP contribution in [0.2, 0.25) is 0 Å². The number of para-hydroxylation sites is 1. The van der Waals surface area contributed by atoms with Crippen molar-refractivity contribution in [3.63, 3.8) is 0 Å². The third kappa shape index (κ3) is 16.8. The molecule has 1 aromatic rings. The van der Waals surface area contributed by atoms with Gasteiger partial charge in [0.05, 0.1) is 12.0 Å². The van der Waals surface area contributed by atoms with Gasteiger partial charge in [0.2, 0.25) is 17.7 Å². The van der Waals surface area contributed by atoms with Crippen LogP contribution in [0.15, 0.2) is 41.4 Å². The zero-order chi connectivity index (χ0) is 42.3. The number of rotatable bonds is 26. The summed E-state index contributed by atoms with van der Waals surface area (Å²) in [6, 6.07) is 4.35. The number of hydroxylamine groups is 4. The standard InChI is InChI=1S/C43H67N5O10/c1-4-5-6-7-8-9-10-11-12-13-14-15-16-27-38(51)47(55)28-21-20-25-35(45-42(54)43(3)31-57-39(46-43)33-23-17-18-26-36(33)49)41(53)58-32(2)30-37(50)44-34-24-19-22-29-48(56)40(34)52/h11-12,17-18,23,26,32,34-35,49,55-56H,4-10,13-16,19-22,24-25,27-31H2,1-3H3,(H,44,50)(H,45,54)/b12-11-/t32-,34-,35-,43-/m0/s1. The number of hydrogen-bond donors (Lipinski definition) is 5. The van der Waals surface area contributed by atoms with Gasteiger partial charge in [-0.2, -0.15) is 0 Å². The maximum Gasteiger partial charge on any atom is 0.328 e. The molecule has 0 aliphatic carbocycles. The van der Waals surface area contributed by atoms with Gasteiger partial charge in [-0.3, -0.25) is 29.6 Å². The zero-order valence-electron chi connectivity index (χ0n) is 34.8. The van der Waals surface area contributed by atoms with E-state index in [1.165, 1.54) is 58.4 Å². The largest absolute Gasteiger partial charge is 0.507 e. The predicted octanol–water partition coefficient (Wildman–Crippen LogP) is 6.27. The van der Waals surface area contributed by atoms with Gasteiger partial charge in [-0.1, -0.05) is 69.7 Å². The molecule has 4 amide bonds. The van der Waals surface area contributed by atoms with E-state index in [0.717, 1.165) is 25.7 Å². The molecule has 58 heavy (non-hydrogen) atoms. The summed E-state index contributed by atoms with van der Waals surface area (Å²) in [4.78, 5) is 69.3. The van der Waals surface area contributed by atoms with Gasteiger partial charge in [0.25, 0.3) is 11.8 Å². The average Bonchev–Trinajstić information content (AvgIpc) is 3.53. The molecule has 2 aliphatic heterocycles. The summed E-state index contributed by atoms with van der Waals surface area (Å²) < 4.78 is 11.3. The minimum Gasteiger partial charge on any atom is -0.507 e. The van der Waals surface area contributed by atoms with Gasteiger partial charge in [0.1, 0.15) is 30.5 Å². The van der Waals surface area contributed by atoms with Gasteiger partial charge >= 0.3 is 5.97 Å². The van der Waals surface area contributed by atoms with Crippen molar-refractivity contribution in [2.45, 2.75) is 166 Å². The van der Waals surface area contributed by atoms with Gasteiger partial charge < -0.3 is 25.2 Å². The highest BCUT2D eigenvalue weighted by Crippen LogP contribution is 2.26. The molecule has 0 spiro atoms. The van der Waals surface area contributed by atoms with Crippen LogP contribution in [-0.2, 0) is 33.4 Å². The molecule has 0 aromatic heterocycles. The highest BCUT2D eigenvalue weighted by atomic mass is 16.5. The Kier molecular flexibility index (Phi) is 21.3. The van der Waals surface area contributed by atoms with Crippen molar-refractivity contribution in [3.8, 4) is 5.75 Å². The Balaban J connectivity index is 1.49. The molecule has 0 radical (unpaired) electrons. The number of aliphatic imine (C=N–C) groups is 1. The van der Waals surface area contributed by atoms with Crippen LogP contribution in [0.1, 0.15) is 148 Å². The minimum atomic E-state index is -1.44. The fourth-order valence-electron chi connectivity index (χ4n) is 6.82. The van der Waals surface area contributed by atoms with Crippen LogP contribution < -0.4 is 10.6 Å². The third-order valence-corrected chi connectivity index (χ3v) is 10.4. The molecular formula is C43H67N5O10. The lowest BCUT2D eigenvalue weighted by molar-refractivity contribution is -0.167. The van der Waals surface area contributed by atoms with Crippen LogP contribution in [0.3, 0.4) is 0 Å². The monoisotopic (exact) mass is 813 g/mol. The molecule has 5 N–H and O–H groups in total. The fourth-order valence-corrected chi connectivity index (χ4v) is 6.82. The van der Waals surface area contributed by atoms with Crippen LogP contribution in [0.25, 0.3) is 0 Å². The number of unbranched alkanes of at least 4 members (excludes halogenated alkanes) is 10. The van der Waals surface area contributed by atoms with Crippen LogP contribution in [0, 0.1) is 0 Å². The maximum absolute atomic E-state index is 13.6. The van der Waals surface area contributed by atoms with Crippen LogP contribution in [-0.4, -0.2) is 105 Å². The first-order valence-electron chi connectivity index (χ1n) is 21.3. The van der Waals surface area contributed by atoms with E-state index in [0.29, 0.717) is 54.2 Å². The fraction of sp³-hybridized carbons (Fsp3) is 0.674. The Labute approximate surface area is 343 Å². The molecule has 0 bridgehead atoms. The number of nitrogens with zero attached hydrogens (tertiary/aromatic N) is 3. The Morgan fingerprint density at radius 1 is 1.02 bits per heavy atom. The van der Waals surface area contributed by atoms with Crippen molar-refractivity contribution in [1.82, 2.24) is 20.8 Å². The van der Waals surface area contributed by atoms with Gasteiger partial charge in [-0.15, -0.1) is 0 Å². The molecule has 15 heteroatoms. The number of ether oxygens (including phenoxy) is 2. The quantitative estimate of drug-likeness (QED) is 0.0233. The van der Waals surface area contributed by atoms with E-state index in [1.54, 1.807) is 18.2 Å². The average molecular weight is 814 g/mol. The molecule has 1 fully saturated rings. The molecule has 4 atom stereocenters. The second-order valence-electron chi connectivity index (χ2n) is 15.7. The first-order valence-corrected chi connectivity index (χ1v) is 21.3. The molecule has 1 aromatic carbocycles. The second-order valence-corrected chi connectivity index (χ2v) is 15.7. The Bertz CT molecular complexity index is 1540. The van der Waals surface area contributed by atoms with Crippen LogP contribution in [0.4, 0.5) is 0 Å². The lowest BCUT2D eigenvalue weighted by Crippen LogP contribution is -2.52. The van der Waals surface area contributed by atoms with Gasteiger partial charge in [0.15, 0.2) is 5.54 Å². The van der Waals surface area contributed by atoms with Gasteiger partial charge in [-0.25, -0.2) is 19.9 Å². The van der Waals surface area contributed by atoms with Crippen molar-refractivity contribution in [3.05, 3.63) is 42.0 Å². The number of carbonyl (C=O) groups is 5. The van der Waals surface area contributed by atoms with E-state index in [1.807, 2.05) is 0 Å². The van der Waals surface area contributed by atoms with Crippen LogP contribution >= 0.6 is 0 Å². The van der Waals surface area contributed by atoms with Crippen molar-refractivity contribution in [2.24, 2.45) is 4.99 Å². The molecule has 2 aliphatic rings. The molecule has 0 unspecified atom stereocenters. The van der Waals surface area contributed by atoms with E-state index >= 15 is 0 Å². The molecule has 0 saturated carbocycles. The zero-order valence-corrected chi connectivity index (χ0v) is 34.8. The summed E-state index contributed by atoms with van der Waals surface area (Å²) in [7, 11) is 0. The number of carbonyl (C=O) groups excluding carboxylic acids is 5. The number of benzene rings is 1. The molecule has 324 valence electrons. The number of nitrogens with one attached hydrogen (secondary N) is 2. The minimum absolute atomic E-state index is 0.0389. The summed E-state index contributed by atoms with van der Waals surface area (Å²) in [5.74, 6) is -2.94. The van der Waals surface area contributed by atoms with Crippen molar-refractivity contribution in [1.29, 1.82) is 0 Å². The van der Waals surface area contributed by atoms with E-state index in [4.69, 9.17) is 9.47 Å². The summed E-state index contributed by atoms with van der Waals surface area (Å²) in [5, 5.41) is 37.2. The molecule has 1 saturated heterocycles. The number of hydrogen-bond acceptors (Lipinski definition) is 11. The number of phenols is 1. The maximum atomic E-state index is 13.6. The Morgan fingerprint density at radius 3 is 2.43 bits per heavy atom. The van der Waals surface area contributed by atoms with Crippen molar-refractivity contribution in [2.75, 3.05) is 19.7 Å². The highest BCUT2D eigenvalue weighted by molar-refractivity contribution is 6.02. The predicted molar refractivity (Wildman–Crippen MR) is 218 cm³/mol. The third-order valence-electron chi connectivity index (χ3n) is 10.4. The van der Waals surface area contributed by atoms with Crippen LogP contribution in [0.5, 0.6) is 5.75 Å². The number of allylic oxidation sites excluding steroid dienone is 2. The lowest BCUT2D eigenvalue weighted by Gasteiger charge is -2.25. The SMILES string of the molecule is CCCCCCCC/C=C\CCCCCC(=O)N(O)CCCC[C@H](NC(=O)[C@]1(C)COC(c2ccccc2O)=N1)C(=O)O[C@@H](C)CC(=O)N[C@H]1CCCCN(O)C1=O. The van der Waals surface area contributed by atoms with E-state index in [9.17, 15) is 39.5 Å². The number of phenolic OH excluding ortho intramolecular Hbond substituents is 1. The first kappa shape index (κ1) is 47.9. The first-order chi connectivity index (χ1) is 27.8. The normalized spacial score (nSPS) is 19.2. The Hall–Kier alpha value is -4.50. The molecule has 3 rings (SSSR count). The topological polar surface area (TPSA) is 207 Å². The van der Waals surface area contributed by atoms with E-state index < -0.39 is 47.4 Å². The Morgan fingerprint density at radius 2 is 1.71 bits per heavy atom. The summed E-state index contributed by atoms with van der Waals surface area (Å²) in [5.41, 5.74) is -1.13. The second kappa shape index (κ2) is 25.8. The summed E-state index contributed by atoms with van der Waals surface area (Å²) >= 11 is 0. The van der Waals surface area contributed by atoms with Crippen molar-refractivity contribution < 1.29 is 49.0 Å². The number of aromatic hydroxyl groups is 1. The van der Waals surface area contributed by atoms with E-state index in [2.05, 4.69) is 34.7 Å². The van der Waals surface area contributed by atoms with Gasteiger partial charge in [0, 0.05) is 19.5 Å². The van der Waals surface area contributed by atoms with Gasteiger partial charge in [-0.05, 0) is 96.6 Å². The number of esters is 1.